The Bertz CT molecular complexity index is 845. The summed E-state index contributed by atoms with van der Waals surface area (Å²) in [7, 11) is 0. The lowest BCUT2D eigenvalue weighted by Crippen LogP contribution is -2.31. The average molecular weight is 351 g/mol. The van der Waals surface area contributed by atoms with Crippen LogP contribution in [0.4, 0.5) is 0 Å². The standard InChI is InChI=1S/C22H19ClO2/c23-17-12-10-15(11-13-17)14-19-21(24)18-8-4-5-9-20(18)25-22(19)16-6-2-1-3-7-16/h1-13,19,21-22,24H,14H2/t19-,21+,22+/m0/s1. The van der Waals surface area contributed by atoms with Crippen LogP contribution in [0.3, 0.4) is 0 Å². The predicted octanol–water partition coefficient (Wildman–Crippen LogP) is 5.37. The number of aliphatic hydroxyl groups excluding tert-OH is 1. The van der Waals surface area contributed by atoms with Crippen molar-refractivity contribution >= 4 is 11.6 Å². The van der Waals surface area contributed by atoms with E-state index in [2.05, 4.69) is 12.1 Å². The van der Waals surface area contributed by atoms with Crippen molar-refractivity contribution in [2.24, 2.45) is 5.92 Å². The van der Waals surface area contributed by atoms with Gasteiger partial charge in [-0.05, 0) is 35.7 Å². The molecule has 1 heterocycles. The van der Waals surface area contributed by atoms with Gasteiger partial charge in [-0.3, -0.25) is 0 Å². The van der Waals surface area contributed by atoms with E-state index in [0.717, 1.165) is 22.4 Å². The number of hydrogen-bond acceptors (Lipinski definition) is 2. The van der Waals surface area contributed by atoms with Crippen LogP contribution in [0.15, 0.2) is 78.9 Å². The maximum Gasteiger partial charge on any atom is 0.130 e. The summed E-state index contributed by atoms with van der Waals surface area (Å²) in [4.78, 5) is 0. The molecular weight excluding hydrogens is 332 g/mol. The average Bonchev–Trinajstić information content (AvgIpc) is 2.66. The number of rotatable bonds is 3. The van der Waals surface area contributed by atoms with Gasteiger partial charge in [0, 0.05) is 16.5 Å². The van der Waals surface area contributed by atoms with Crippen molar-refractivity contribution in [3.8, 4) is 5.75 Å². The van der Waals surface area contributed by atoms with E-state index in [1.807, 2.05) is 66.7 Å². The van der Waals surface area contributed by atoms with Gasteiger partial charge in [0.1, 0.15) is 11.9 Å². The van der Waals surface area contributed by atoms with Crippen molar-refractivity contribution in [1.29, 1.82) is 0 Å². The molecular formula is C22H19ClO2. The highest BCUT2D eigenvalue weighted by molar-refractivity contribution is 6.30. The second kappa shape index (κ2) is 6.91. The van der Waals surface area contributed by atoms with Gasteiger partial charge in [-0.2, -0.15) is 0 Å². The second-order valence-electron chi connectivity index (χ2n) is 6.43. The first-order valence-corrected chi connectivity index (χ1v) is 8.83. The molecule has 3 aromatic rings. The fraction of sp³-hybridized carbons (Fsp3) is 0.182. The molecule has 0 bridgehead atoms. The second-order valence-corrected chi connectivity index (χ2v) is 6.86. The number of hydrogen-bond donors (Lipinski definition) is 1. The molecule has 3 atom stereocenters. The molecule has 0 saturated carbocycles. The van der Waals surface area contributed by atoms with E-state index < -0.39 is 6.10 Å². The predicted molar refractivity (Wildman–Crippen MR) is 99.9 cm³/mol. The van der Waals surface area contributed by atoms with Crippen molar-refractivity contribution in [2.45, 2.75) is 18.6 Å². The molecule has 1 N–H and O–H groups in total. The van der Waals surface area contributed by atoms with Crippen LogP contribution in [0.5, 0.6) is 5.75 Å². The highest BCUT2D eigenvalue weighted by Crippen LogP contribution is 2.46. The summed E-state index contributed by atoms with van der Waals surface area (Å²) in [5.74, 6) is 0.690. The number of aliphatic hydroxyl groups is 1. The van der Waals surface area contributed by atoms with Gasteiger partial charge in [-0.25, -0.2) is 0 Å². The molecule has 3 aromatic carbocycles. The zero-order valence-electron chi connectivity index (χ0n) is 13.7. The highest BCUT2D eigenvalue weighted by Gasteiger charge is 2.38. The Balaban J connectivity index is 1.73. The van der Waals surface area contributed by atoms with Crippen LogP contribution in [0.2, 0.25) is 5.02 Å². The van der Waals surface area contributed by atoms with E-state index in [1.165, 1.54) is 0 Å². The van der Waals surface area contributed by atoms with Crippen LogP contribution >= 0.6 is 11.6 Å². The van der Waals surface area contributed by atoms with E-state index in [1.54, 1.807) is 0 Å². The number of fused-ring (bicyclic) bond motifs is 1. The molecule has 126 valence electrons. The van der Waals surface area contributed by atoms with Gasteiger partial charge in [-0.15, -0.1) is 0 Å². The van der Waals surface area contributed by atoms with E-state index in [0.29, 0.717) is 11.4 Å². The Morgan fingerprint density at radius 3 is 2.28 bits per heavy atom. The topological polar surface area (TPSA) is 29.5 Å². The fourth-order valence-corrected chi connectivity index (χ4v) is 3.65. The molecule has 0 aromatic heterocycles. The molecule has 0 saturated heterocycles. The molecule has 1 aliphatic heterocycles. The largest absolute Gasteiger partial charge is 0.485 e. The van der Waals surface area contributed by atoms with Crippen molar-refractivity contribution in [2.75, 3.05) is 0 Å². The fourth-order valence-electron chi connectivity index (χ4n) is 3.52. The van der Waals surface area contributed by atoms with Crippen LogP contribution < -0.4 is 4.74 Å². The maximum absolute atomic E-state index is 11.1. The van der Waals surface area contributed by atoms with Gasteiger partial charge in [-0.1, -0.05) is 72.3 Å². The van der Waals surface area contributed by atoms with Gasteiger partial charge in [0.15, 0.2) is 0 Å². The van der Waals surface area contributed by atoms with E-state index in [-0.39, 0.29) is 12.0 Å². The summed E-state index contributed by atoms with van der Waals surface area (Å²) in [6.07, 6.45) is -0.0562. The lowest BCUT2D eigenvalue weighted by Gasteiger charge is -2.37. The lowest BCUT2D eigenvalue weighted by atomic mass is 9.80. The van der Waals surface area contributed by atoms with E-state index in [4.69, 9.17) is 16.3 Å². The first kappa shape index (κ1) is 16.2. The van der Waals surface area contributed by atoms with Crippen molar-refractivity contribution in [3.05, 3.63) is 101 Å². The number of ether oxygens (including phenoxy) is 1. The molecule has 1 aliphatic rings. The van der Waals surface area contributed by atoms with Gasteiger partial charge in [0.2, 0.25) is 0 Å². The van der Waals surface area contributed by atoms with Crippen LogP contribution in [-0.4, -0.2) is 5.11 Å². The summed E-state index contributed by atoms with van der Waals surface area (Å²) < 4.78 is 6.31. The maximum atomic E-state index is 11.1. The molecule has 0 spiro atoms. The first-order chi connectivity index (χ1) is 12.2. The summed E-state index contributed by atoms with van der Waals surface area (Å²) in [5.41, 5.74) is 3.07. The summed E-state index contributed by atoms with van der Waals surface area (Å²) >= 11 is 6.00. The van der Waals surface area contributed by atoms with Crippen LogP contribution in [0.25, 0.3) is 0 Å². The molecule has 4 rings (SSSR count). The Kier molecular flexibility index (Phi) is 4.48. The molecule has 0 unspecified atom stereocenters. The molecule has 0 radical (unpaired) electrons. The first-order valence-electron chi connectivity index (χ1n) is 8.45. The molecule has 0 aliphatic carbocycles. The molecule has 2 nitrogen and oxygen atoms in total. The van der Waals surface area contributed by atoms with Gasteiger partial charge in [0.05, 0.1) is 6.10 Å². The molecule has 0 fully saturated rings. The molecule has 0 amide bonds. The summed E-state index contributed by atoms with van der Waals surface area (Å²) in [5, 5.41) is 11.8. The minimum absolute atomic E-state index is 0.0709. The van der Waals surface area contributed by atoms with Crippen LogP contribution in [-0.2, 0) is 6.42 Å². The SMILES string of the molecule is O[C@@H]1c2ccccc2O[C@H](c2ccccc2)[C@H]1Cc1ccc(Cl)cc1. The van der Waals surface area contributed by atoms with E-state index in [9.17, 15) is 5.11 Å². The minimum atomic E-state index is -0.578. The molecule has 3 heteroatoms. The van der Waals surface area contributed by atoms with Crippen LogP contribution in [0.1, 0.15) is 28.9 Å². The van der Waals surface area contributed by atoms with Gasteiger partial charge >= 0.3 is 0 Å². The number of benzene rings is 3. The third kappa shape index (κ3) is 3.28. The Morgan fingerprint density at radius 1 is 0.840 bits per heavy atom. The Hall–Kier alpha value is -2.29. The smallest absolute Gasteiger partial charge is 0.130 e. The zero-order valence-corrected chi connectivity index (χ0v) is 14.4. The third-order valence-electron chi connectivity index (χ3n) is 4.80. The highest BCUT2D eigenvalue weighted by atomic mass is 35.5. The Labute approximate surface area is 152 Å². The monoisotopic (exact) mass is 350 g/mol. The van der Waals surface area contributed by atoms with Gasteiger partial charge < -0.3 is 9.84 Å². The van der Waals surface area contributed by atoms with Crippen molar-refractivity contribution in [3.63, 3.8) is 0 Å². The number of para-hydroxylation sites is 1. The zero-order chi connectivity index (χ0) is 17.2. The number of halogens is 1. The van der Waals surface area contributed by atoms with Crippen molar-refractivity contribution in [1.82, 2.24) is 0 Å². The third-order valence-corrected chi connectivity index (χ3v) is 5.05. The lowest BCUT2D eigenvalue weighted by molar-refractivity contribution is -0.00177. The summed E-state index contributed by atoms with van der Waals surface area (Å²) in [6, 6.07) is 25.6. The normalized spacial score (nSPS) is 22.1. The summed E-state index contributed by atoms with van der Waals surface area (Å²) in [6.45, 7) is 0. The quantitative estimate of drug-likeness (QED) is 0.688. The Morgan fingerprint density at radius 2 is 1.52 bits per heavy atom. The molecule has 25 heavy (non-hydrogen) atoms. The van der Waals surface area contributed by atoms with Crippen LogP contribution in [0, 0.1) is 5.92 Å². The van der Waals surface area contributed by atoms with Gasteiger partial charge in [0.25, 0.3) is 0 Å². The minimum Gasteiger partial charge on any atom is -0.485 e. The van der Waals surface area contributed by atoms with Crippen molar-refractivity contribution < 1.29 is 9.84 Å². The van der Waals surface area contributed by atoms with E-state index >= 15 is 0 Å².